The van der Waals surface area contributed by atoms with E-state index in [0.717, 1.165) is 0 Å². The van der Waals surface area contributed by atoms with Crippen molar-refractivity contribution in [3.05, 3.63) is 52.6 Å². The predicted molar refractivity (Wildman–Crippen MR) is 128 cm³/mol. The molecular weight excluding hydrogens is 495 g/mol. The van der Waals surface area contributed by atoms with Crippen LogP contribution in [0.1, 0.15) is 30.0 Å². The van der Waals surface area contributed by atoms with Crippen molar-refractivity contribution in [1.82, 2.24) is 5.32 Å². The maximum Gasteiger partial charge on any atom is 0.573 e. The van der Waals surface area contributed by atoms with E-state index in [1.807, 2.05) is 0 Å². The minimum atomic E-state index is -4.86. The van der Waals surface area contributed by atoms with Crippen molar-refractivity contribution in [2.45, 2.75) is 26.0 Å². The van der Waals surface area contributed by atoms with E-state index in [-0.39, 0.29) is 41.9 Å². The third-order valence-electron chi connectivity index (χ3n) is 6.00. The van der Waals surface area contributed by atoms with E-state index in [1.165, 1.54) is 32.4 Å². The summed E-state index contributed by atoms with van der Waals surface area (Å²) in [6, 6.07) is 7.22. The molecule has 1 saturated heterocycles. The maximum atomic E-state index is 12.9. The van der Waals surface area contributed by atoms with Crippen LogP contribution in [-0.4, -0.2) is 57.6 Å². The molecule has 37 heavy (non-hydrogen) atoms. The van der Waals surface area contributed by atoms with E-state index in [1.54, 1.807) is 25.1 Å². The van der Waals surface area contributed by atoms with Gasteiger partial charge in [0.25, 0.3) is 0 Å². The molecule has 2 aliphatic rings. The summed E-state index contributed by atoms with van der Waals surface area (Å²) in [4.78, 5) is 12.7. The highest BCUT2D eigenvalue weighted by Gasteiger charge is 2.33. The van der Waals surface area contributed by atoms with Gasteiger partial charge in [0, 0.05) is 0 Å². The number of ether oxygens (including phenoxy) is 5. The normalized spacial score (nSPS) is 16.8. The van der Waals surface area contributed by atoms with E-state index < -0.39 is 12.7 Å². The van der Waals surface area contributed by atoms with Gasteiger partial charge in [0.1, 0.15) is 5.75 Å². The second-order valence-electron chi connectivity index (χ2n) is 8.34. The number of halogens is 3. The van der Waals surface area contributed by atoms with Crippen LogP contribution in [0.25, 0.3) is 17.2 Å². The van der Waals surface area contributed by atoms with Gasteiger partial charge in [0.2, 0.25) is 11.7 Å². The molecule has 11 heteroatoms. The number of fused-ring (bicyclic) bond motifs is 1. The number of carbonyl (C=O) groups excluding carboxylic acids is 1. The minimum absolute atomic E-state index is 0.0828. The fourth-order valence-corrected chi connectivity index (χ4v) is 4.29. The van der Waals surface area contributed by atoms with Crippen LogP contribution >= 0.6 is 0 Å². The molecule has 4 rings (SSSR count). The quantitative estimate of drug-likeness (QED) is 0.528. The zero-order valence-electron chi connectivity index (χ0n) is 20.4. The molecule has 1 fully saturated rings. The highest BCUT2D eigenvalue weighted by atomic mass is 19.4. The molecule has 198 valence electrons. The van der Waals surface area contributed by atoms with Crippen LogP contribution in [0, 0.1) is 0 Å². The Morgan fingerprint density at radius 1 is 1.11 bits per heavy atom. The number of methoxy groups -OCH3 is 2. The number of phenols is 1. The molecule has 0 aromatic heterocycles. The number of phenolic OH excluding ortho intramolecular Hbond substituents is 1. The lowest BCUT2D eigenvalue weighted by Crippen LogP contribution is -2.32. The number of aromatic hydroxyl groups is 1. The molecule has 2 aromatic rings. The Balaban J connectivity index is 1.72. The number of nitrogens with one attached hydrogen (secondary N) is 1. The summed E-state index contributed by atoms with van der Waals surface area (Å²) in [7, 11) is 2.81. The second kappa shape index (κ2) is 10.7. The second-order valence-corrected chi connectivity index (χ2v) is 8.34. The summed E-state index contributed by atoms with van der Waals surface area (Å²) in [5.41, 5.74) is 3.64. The van der Waals surface area contributed by atoms with Crippen LogP contribution < -0.4 is 19.5 Å². The number of amides is 1. The molecule has 2 aromatic carbocycles. The molecular formula is C26H26F3NO7. The third kappa shape index (κ3) is 6.00. The van der Waals surface area contributed by atoms with Crippen molar-refractivity contribution >= 4 is 23.1 Å². The largest absolute Gasteiger partial charge is 0.573 e. The number of rotatable bonds is 8. The summed E-state index contributed by atoms with van der Waals surface area (Å²) < 4.78 is 63.9. The first-order valence-corrected chi connectivity index (χ1v) is 11.4. The Labute approximate surface area is 211 Å². The predicted octanol–water partition coefficient (Wildman–Crippen LogP) is 4.51. The van der Waals surface area contributed by atoms with Gasteiger partial charge in [-0.25, -0.2) is 0 Å². The summed E-state index contributed by atoms with van der Waals surface area (Å²) >= 11 is 0. The molecule has 0 atom stereocenters. The molecule has 1 amide bonds. The Morgan fingerprint density at radius 2 is 1.76 bits per heavy atom. The average Bonchev–Trinajstić information content (AvgIpc) is 3.45. The third-order valence-corrected chi connectivity index (χ3v) is 6.00. The minimum Gasteiger partial charge on any atom is -0.502 e. The van der Waals surface area contributed by atoms with Crippen LogP contribution in [0.15, 0.2) is 35.9 Å². The molecule has 1 heterocycles. The van der Waals surface area contributed by atoms with Crippen molar-refractivity contribution in [3.8, 4) is 23.0 Å². The number of alkyl halides is 3. The fourth-order valence-electron chi connectivity index (χ4n) is 4.29. The van der Waals surface area contributed by atoms with Crippen LogP contribution in [0.5, 0.6) is 23.0 Å². The molecule has 0 spiro atoms. The summed E-state index contributed by atoms with van der Waals surface area (Å²) in [5.74, 6) is -0.505. The number of hydrogen-bond donors (Lipinski definition) is 2. The van der Waals surface area contributed by atoms with Crippen molar-refractivity contribution in [2.24, 2.45) is 0 Å². The lowest BCUT2D eigenvalue weighted by atomic mass is 10.00. The molecule has 2 N–H and O–H groups in total. The Morgan fingerprint density at radius 3 is 2.35 bits per heavy atom. The molecule has 1 aliphatic heterocycles. The molecule has 1 aliphatic carbocycles. The van der Waals surface area contributed by atoms with Gasteiger partial charge in [0.05, 0.1) is 40.4 Å². The number of hydrogen-bond acceptors (Lipinski definition) is 7. The first kappa shape index (κ1) is 26.4. The zero-order valence-corrected chi connectivity index (χ0v) is 20.4. The average molecular weight is 521 g/mol. The number of allylic oxidation sites excluding steroid dienone is 2. The lowest BCUT2D eigenvalue weighted by molar-refractivity contribution is -0.274. The van der Waals surface area contributed by atoms with Gasteiger partial charge in [0.15, 0.2) is 17.8 Å². The maximum absolute atomic E-state index is 12.9. The van der Waals surface area contributed by atoms with Gasteiger partial charge in [-0.2, -0.15) is 0 Å². The molecule has 0 saturated carbocycles. The topological polar surface area (TPSA) is 95.5 Å². The highest BCUT2D eigenvalue weighted by Crippen LogP contribution is 2.46. The van der Waals surface area contributed by atoms with Crippen molar-refractivity contribution in [1.29, 1.82) is 0 Å². The van der Waals surface area contributed by atoms with Gasteiger partial charge >= 0.3 is 6.36 Å². The Hall–Kier alpha value is -3.70. The number of benzene rings is 2. The lowest BCUT2D eigenvalue weighted by Gasteiger charge is -2.13. The van der Waals surface area contributed by atoms with Crippen molar-refractivity contribution in [2.75, 3.05) is 34.0 Å². The molecule has 0 unspecified atom stereocenters. The van der Waals surface area contributed by atoms with Crippen molar-refractivity contribution in [3.63, 3.8) is 0 Å². The summed E-state index contributed by atoms with van der Waals surface area (Å²) in [6.45, 7) is 2.84. The highest BCUT2D eigenvalue weighted by molar-refractivity contribution is 6.08. The number of carbonyl (C=O) groups is 1. The van der Waals surface area contributed by atoms with Gasteiger partial charge in [-0.15, -0.1) is 13.2 Å². The first-order chi connectivity index (χ1) is 17.6. The van der Waals surface area contributed by atoms with Gasteiger partial charge < -0.3 is 34.1 Å². The van der Waals surface area contributed by atoms with Crippen LogP contribution in [0.4, 0.5) is 13.2 Å². The van der Waals surface area contributed by atoms with E-state index in [9.17, 15) is 23.1 Å². The zero-order chi connectivity index (χ0) is 26.7. The Bertz CT molecular complexity index is 1220. The summed E-state index contributed by atoms with van der Waals surface area (Å²) in [6.07, 6.45) is -3.69. The van der Waals surface area contributed by atoms with E-state index in [0.29, 0.717) is 46.6 Å². The SMILES string of the molecule is COc1cc(/C=C2/C(C)=C(CC(=O)NCC3OCCO3)c3cc(OC(F)(F)F)ccc32)cc(OC)c1O. The van der Waals surface area contributed by atoms with Crippen LogP contribution in [-0.2, 0) is 14.3 Å². The molecule has 0 bridgehead atoms. The van der Waals surface area contributed by atoms with Gasteiger partial charge in [-0.3, -0.25) is 4.79 Å². The van der Waals surface area contributed by atoms with Crippen LogP contribution in [0.3, 0.4) is 0 Å². The van der Waals surface area contributed by atoms with E-state index in [2.05, 4.69) is 10.1 Å². The standard InChI is InChI=1S/C26H26F3NO7/c1-14-18(8-15-9-21(33-2)25(32)22(10-15)34-3)17-5-4-16(37-26(27,28)29)11-20(17)19(14)12-23(31)30-13-24-35-6-7-36-24/h4-5,8-11,24,32H,6-7,12-13H2,1-3H3,(H,30,31)/b18-8-. The van der Waals surface area contributed by atoms with Crippen molar-refractivity contribution < 1.29 is 46.8 Å². The first-order valence-electron chi connectivity index (χ1n) is 11.4. The monoisotopic (exact) mass is 521 g/mol. The fraction of sp³-hybridized carbons (Fsp3) is 0.346. The molecule has 8 nitrogen and oxygen atoms in total. The van der Waals surface area contributed by atoms with Gasteiger partial charge in [-0.1, -0.05) is 6.07 Å². The van der Waals surface area contributed by atoms with E-state index in [4.69, 9.17) is 18.9 Å². The van der Waals surface area contributed by atoms with E-state index >= 15 is 0 Å². The Kier molecular flexibility index (Phi) is 7.65. The molecule has 0 radical (unpaired) electrons. The smallest absolute Gasteiger partial charge is 0.502 e. The summed E-state index contributed by atoms with van der Waals surface area (Å²) in [5, 5.41) is 13.0. The van der Waals surface area contributed by atoms with Gasteiger partial charge in [-0.05, 0) is 70.7 Å². The van der Waals surface area contributed by atoms with Crippen LogP contribution in [0.2, 0.25) is 0 Å².